The minimum atomic E-state index is -3.99. The predicted octanol–water partition coefficient (Wildman–Crippen LogP) is 1.02. The van der Waals surface area contributed by atoms with Gasteiger partial charge in [-0.2, -0.15) is 5.26 Å². The molecule has 0 aromatic carbocycles. The molecule has 62 valence electrons. The summed E-state index contributed by atoms with van der Waals surface area (Å²) in [6.45, 7) is 1.66. The standard InChI is InChI=1S/C6H10NO3P/c1-2-6(3-4-7)5-11(8,9)10/h2H,3,5H2,1H3,(H2,8,9,10). The van der Waals surface area contributed by atoms with E-state index in [1.54, 1.807) is 13.0 Å². The van der Waals surface area contributed by atoms with E-state index in [1.807, 2.05) is 6.07 Å². The highest BCUT2D eigenvalue weighted by molar-refractivity contribution is 7.52. The van der Waals surface area contributed by atoms with E-state index in [2.05, 4.69) is 0 Å². The first-order valence-corrected chi connectivity index (χ1v) is 4.85. The minimum absolute atomic E-state index is 0.0849. The topological polar surface area (TPSA) is 81.3 Å². The Labute approximate surface area is 65.3 Å². The maximum atomic E-state index is 10.4. The van der Waals surface area contributed by atoms with Crippen molar-refractivity contribution in [2.24, 2.45) is 0 Å². The van der Waals surface area contributed by atoms with Crippen LogP contribution in [0.25, 0.3) is 0 Å². The summed E-state index contributed by atoms with van der Waals surface area (Å²) in [6, 6.07) is 1.83. The number of hydrogen-bond donors (Lipinski definition) is 2. The molecule has 0 aliphatic rings. The monoisotopic (exact) mass is 175 g/mol. The minimum Gasteiger partial charge on any atom is -0.324 e. The molecule has 0 fully saturated rings. The van der Waals surface area contributed by atoms with Gasteiger partial charge in [0.1, 0.15) is 0 Å². The first-order valence-electron chi connectivity index (χ1n) is 3.05. The summed E-state index contributed by atoms with van der Waals surface area (Å²) >= 11 is 0. The second-order valence-electron chi connectivity index (χ2n) is 2.10. The molecule has 0 aliphatic carbocycles. The Morgan fingerprint density at radius 1 is 1.73 bits per heavy atom. The average molecular weight is 175 g/mol. The largest absolute Gasteiger partial charge is 0.329 e. The van der Waals surface area contributed by atoms with E-state index in [4.69, 9.17) is 15.0 Å². The van der Waals surface area contributed by atoms with Crippen molar-refractivity contribution in [3.63, 3.8) is 0 Å². The van der Waals surface area contributed by atoms with Crippen LogP contribution in [0.15, 0.2) is 11.6 Å². The van der Waals surface area contributed by atoms with Crippen molar-refractivity contribution in [3.8, 4) is 6.07 Å². The van der Waals surface area contributed by atoms with Gasteiger partial charge in [-0.05, 0) is 12.5 Å². The third-order valence-electron chi connectivity index (χ3n) is 1.12. The van der Waals surface area contributed by atoms with Gasteiger partial charge in [-0.25, -0.2) is 0 Å². The molecule has 0 spiro atoms. The Morgan fingerprint density at radius 3 is 2.55 bits per heavy atom. The van der Waals surface area contributed by atoms with Gasteiger partial charge in [-0.1, -0.05) is 6.08 Å². The van der Waals surface area contributed by atoms with Crippen LogP contribution in [0.2, 0.25) is 0 Å². The van der Waals surface area contributed by atoms with Gasteiger partial charge in [0.25, 0.3) is 0 Å². The lowest BCUT2D eigenvalue weighted by atomic mass is 10.2. The average Bonchev–Trinajstić information content (AvgIpc) is 1.84. The molecule has 4 nitrogen and oxygen atoms in total. The van der Waals surface area contributed by atoms with Crippen LogP contribution in [-0.4, -0.2) is 15.9 Å². The van der Waals surface area contributed by atoms with E-state index in [-0.39, 0.29) is 12.6 Å². The normalized spacial score (nSPS) is 12.7. The van der Waals surface area contributed by atoms with Crippen LogP contribution < -0.4 is 0 Å². The highest BCUT2D eigenvalue weighted by Gasteiger charge is 2.14. The molecule has 0 heterocycles. The smallest absolute Gasteiger partial charge is 0.324 e. The maximum absolute atomic E-state index is 10.4. The fourth-order valence-corrected chi connectivity index (χ4v) is 1.44. The Balaban J connectivity index is 4.15. The van der Waals surface area contributed by atoms with Crippen LogP contribution in [0.3, 0.4) is 0 Å². The van der Waals surface area contributed by atoms with Crippen molar-refractivity contribution in [1.29, 1.82) is 5.26 Å². The van der Waals surface area contributed by atoms with E-state index in [0.29, 0.717) is 5.57 Å². The number of allylic oxidation sites excluding steroid dienone is 2. The summed E-state index contributed by atoms with van der Waals surface area (Å²) in [5.41, 5.74) is 0.487. The zero-order valence-electron chi connectivity index (χ0n) is 6.19. The van der Waals surface area contributed by atoms with Crippen LogP contribution >= 0.6 is 7.60 Å². The van der Waals surface area contributed by atoms with Crippen LogP contribution in [0.5, 0.6) is 0 Å². The Morgan fingerprint density at radius 2 is 2.27 bits per heavy atom. The molecular formula is C6H10NO3P. The van der Waals surface area contributed by atoms with Crippen molar-refractivity contribution in [3.05, 3.63) is 11.6 Å². The molecule has 0 aliphatic heterocycles. The van der Waals surface area contributed by atoms with Crippen molar-refractivity contribution in [2.75, 3.05) is 6.16 Å². The number of nitrogens with zero attached hydrogens (tertiary/aromatic N) is 1. The van der Waals surface area contributed by atoms with Gasteiger partial charge in [-0.3, -0.25) is 4.57 Å². The summed E-state index contributed by atoms with van der Waals surface area (Å²) < 4.78 is 10.4. The van der Waals surface area contributed by atoms with Gasteiger partial charge in [0.2, 0.25) is 0 Å². The summed E-state index contributed by atoms with van der Waals surface area (Å²) in [5, 5.41) is 8.22. The second-order valence-corrected chi connectivity index (χ2v) is 3.75. The van der Waals surface area contributed by atoms with Crippen LogP contribution in [0, 0.1) is 11.3 Å². The van der Waals surface area contributed by atoms with E-state index < -0.39 is 7.60 Å². The molecule has 0 bridgehead atoms. The molecule has 0 aromatic heterocycles. The summed E-state index contributed by atoms with van der Waals surface area (Å²) in [4.78, 5) is 17.0. The van der Waals surface area contributed by atoms with E-state index >= 15 is 0 Å². The molecule has 0 saturated carbocycles. The van der Waals surface area contributed by atoms with E-state index in [9.17, 15) is 4.57 Å². The Bertz CT molecular complexity index is 235. The number of nitriles is 1. The van der Waals surface area contributed by atoms with E-state index in [0.717, 1.165) is 0 Å². The SMILES string of the molecule is CC=C(CC#N)CP(=O)(O)O. The van der Waals surface area contributed by atoms with Gasteiger partial charge in [0, 0.05) is 0 Å². The Kier molecular flexibility index (Phi) is 4.06. The maximum Gasteiger partial charge on any atom is 0.329 e. The molecular weight excluding hydrogens is 165 g/mol. The molecule has 0 amide bonds. The van der Waals surface area contributed by atoms with Gasteiger partial charge in [-0.15, -0.1) is 0 Å². The number of hydrogen-bond acceptors (Lipinski definition) is 2. The Hall–Kier alpha value is -0.620. The zero-order chi connectivity index (χ0) is 8.91. The van der Waals surface area contributed by atoms with Crippen LogP contribution in [-0.2, 0) is 4.57 Å². The molecule has 5 heteroatoms. The molecule has 0 rings (SSSR count). The summed E-state index contributed by atoms with van der Waals surface area (Å²) in [6.07, 6.45) is 1.33. The third kappa shape index (κ3) is 5.81. The molecule has 0 atom stereocenters. The van der Waals surface area contributed by atoms with Gasteiger partial charge in [0.15, 0.2) is 0 Å². The zero-order valence-corrected chi connectivity index (χ0v) is 7.08. The van der Waals surface area contributed by atoms with Crippen molar-refractivity contribution < 1.29 is 14.4 Å². The van der Waals surface area contributed by atoms with Crippen LogP contribution in [0.1, 0.15) is 13.3 Å². The fraction of sp³-hybridized carbons (Fsp3) is 0.500. The lowest BCUT2D eigenvalue weighted by Gasteiger charge is -2.03. The van der Waals surface area contributed by atoms with Gasteiger partial charge >= 0.3 is 7.60 Å². The van der Waals surface area contributed by atoms with Gasteiger partial charge < -0.3 is 9.79 Å². The van der Waals surface area contributed by atoms with Crippen molar-refractivity contribution in [1.82, 2.24) is 0 Å². The first-order chi connectivity index (χ1) is 4.99. The molecule has 0 radical (unpaired) electrons. The lowest BCUT2D eigenvalue weighted by molar-refractivity contribution is 0.376. The lowest BCUT2D eigenvalue weighted by Crippen LogP contribution is -1.91. The van der Waals surface area contributed by atoms with Gasteiger partial charge in [0.05, 0.1) is 18.7 Å². The molecule has 2 N–H and O–H groups in total. The first kappa shape index (κ1) is 10.4. The fourth-order valence-electron chi connectivity index (χ4n) is 0.615. The molecule has 0 aromatic rings. The molecule has 0 saturated heterocycles. The van der Waals surface area contributed by atoms with E-state index in [1.165, 1.54) is 0 Å². The predicted molar refractivity (Wildman–Crippen MR) is 40.9 cm³/mol. The van der Waals surface area contributed by atoms with Crippen molar-refractivity contribution in [2.45, 2.75) is 13.3 Å². The highest BCUT2D eigenvalue weighted by Crippen LogP contribution is 2.37. The third-order valence-corrected chi connectivity index (χ3v) is 1.94. The summed E-state index contributed by atoms with van der Waals surface area (Å²) in [7, 11) is -3.99. The van der Waals surface area contributed by atoms with Crippen molar-refractivity contribution >= 4 is 7.60 Å². The number of rotatable bonds is 3. The quantitative estimate of drug-likeness (QED) is 0.495. The van der Waals surface area contributed by atoms with Crippen LogP contribution in [0.4, 0.5) is 0 Å². The highest BCUT2D eigenvalue weighted by atomic mass is 31.2. The summed E-state index contributed by atoms with van der Waals surface area (Å²) in [5.74, 6) is 0. The molecule has 0 unspecified atom stereocenters. The second kappa shape index (κ2) is 4.30. The molecule has 11 heavy (non-hydrogen) atoms.